The standard InChI is InChI=1S/C16H17ClN2O/c1-10(2)9-15-11(3)18-19(12(15)4)16(20)13-5-7-14(17)8-6-13/h5-8H,1,9H2,2-4H3. The van der Waals surface area contributed by atoms with Gasteiger partial charge < -0.3 is 0 Å². The van der Waals surface area contributed by atoms with Gasteiger partial charge in [-0.1, -0.05) is 23.8 Å². The van der Waals surface area contributed by atoms with Crippen molar-refractivity contribution in [3.05, 3.63) is 64.0 Å². The summed E-state index contributed by atoms with van der Waals surface area (Å²) in [5, 5.41) is 4.96. The van der Waals surface area contributed by atoms with Crippen molar-refractivity contribution in [3.8, 4) is 0 Å². The van der Waals surface area contributed by atoms with Crippen molar-refractivity contribution in [2.75, 3.05) is 0 Å². The van der Waals surface area contributed by atoms with Crippen molar-refractivity contribution in [2.45, 2.75) is 27.2 Å². The van der Waals surface area contributed by atoms with E-state index >= 15 is 0 Å². The summed E-state index contributed by atoms with van der Waals surface area (Å²) < 4.78 is 1.46. The molecule has 0 bridgehead atoms. The summed E-state index contributed by atoms with van der Waals surface area (Å²) in [4.78, 5) is 12.5. The van der Waals surface area contributed by atoms with Crippen molar-refractivity contribution in [1.29, 1.82) is 0 Å². The minimum Gasteiger partial charge on any atom is -0.267 e. The van der Waals surface area contributed by atoms with Crippen LogP contribution in [0.15, 0.2) is 36.4 Å². The lowest BCUT2D eigenvalue weighted by Gasteiger charge is -2.05. The molecule has 0 spiro atoms. The van der Waals surface area contributed by atoms with E-state index in [9.17, 15) is 4.79 Å². The van der Waals surface area contributed by atoms with Crippen LogP contribution in [0, 0.1) is 13.8 Å². The van der Waals surface area contributed by atoms with Crippen molar-refractivity contribution in [2.24, 2.45) is 0 Å². The number of hydrogen-bond donors (Lipinski definition) is 0. The van der Waals surface area contributed by atoms with Crippen molar-refractivity contribution in [1.82, 2.24) is 9.78 Å². The van der Waals surface area contributed by atoms with Crippen LogP contribution in [0.4, 0.5) is 0 Å². The normalized spacial score (nSPS) is 10.6. The van der Waals surface area contributed by atoms with Crippen LogP contribution >= 0.6 is 11.6 Å². The fourth-order valence-electron chi connectivity index (χ4n) is 2.15. The van der Waals surface area contributed by atoms with E-state index < -0.39 is 0 Å². The number of hydrogen-bond acceptors (Lipinski definition) is 2. The molecular weight excluding hydrogens is 272 g/mol. The van der Waals surface area contributed by atoms with E-state index in [1.165, 1.54) is 4.68 Å². The third kappa shape index (κ3) is 2.83. The highest BCUT2D eigenvalue weighted by atomic mass is 35.5. The molecule has 104 valence electrons. The molecule has 0 radical (unpaired) electrons. The summed E-state index contributed by atoms with van der Waals surface area (Å²) in [6.07, 6.45) is 0.742. The highest BCUT2D eigenvalue weighted by Gasteiger charge is 2.17. The van der Waals surface area contributed by atoms with Crippen LogP contribution in [0.3, 0.4) is 0 Å². The number of carbonyl (C=O) groups is 1. The van der Waals surface area contributed by atoms with Crippen LogP contribution in [0.25, 0.3) is 0 Å². The maximum absolute atomic E-state index is 12.5. The Morgan fingerprint density at radius 2 is 1.90 bits per heavy atom. The predicted octanol–water partition coefficient (Wildman–Crippen LogP) is 3.96. The average molecular weight is 289 g/mol. The van der Waals surface area contributed by atoms with Crippen LogP contribution in [0.5, 0.6) is 0 Å². The van der Waals surface area contributed by atoms with E-state index in [2.05, 4.69) is 11.7 Å². The Hall–Kier alpha value is -1.87. The lowest BCUT2D eigenvalue weighted by atomic mass is 10.1. The molecule has 0 aliphatic carbocycles. The van der Waals surface area contributed by atoms with Crippen molar-refractivity contribution < 1.29 is 4.79 Å². The zero-order valence-electron chi connectivity index (χ0n) is 11.9. The molecule has 0 saturated carbocycles. The molecule has 20 heavy (non-hydrogen) atoms. The maximum atomic E-state index is 12.5. The first-order valence-electron chi connectivity index (χ1n) is 6.40. The second kappa shape index (κ2) is 5.63. The number of halogens is 1. The van der Waals surface area contributed by atoms with E-state index in [0.29, 0.717) is 10.6 Å². The van der Waals surface area contributed by atoms with Gasteiger partial charge in [-0.3, -0.25) is 4.79 Å². The molecule has 0 saturated heterocycles. The molecule has 0 aliphatic heterocycles. The molecule has 3 nitrogen and oxygen atoms in total. The van der Waals surface area contributed by atoms with Crippen LogP contribution in [-0.2, 0) is 6.42 Å². The molecule has 4 heteroatoms. The molecule has 2 aromatic rings. The third-order valence-electron chi connectivity index (χ3n) is 3.20. The smallest absolute Gasteiger partial charge is 0.267 e. The van der Waals surface area contributed by atoms with Gasteiger partial charge in [-0.25, -0.2) is 4.68 Å². The van der Waals surface area contributed by atoms with Crippen LogP contribution < -0.4 is 0 Å². The summed E-state index contributed by atoms with van der Waals surface area (Å²) in [5.41, 5.74) is 4.43. The van der Waals surface area contributed by atoms with Gasteiger partial charge in [0.25, 0.3) is 5.91 Å². The van der Waals surface area contributed by atoms with Gasteiger partial charge in [0.2, 0.25) is 0 Å². The minimum atomic E-state index is -0.143. The number of benzene rings is 1. The highest BCUT2D eigenvalue weighted by molar-refractivity contribution is 6.30. The SMILES string of the molecule is C=C(C)Cc1c(C)nn(C(=O)c2ccc(Cl)cc2)c1C. The number of aromatic nitrogens is 2. The summed E-state index contributed by atoms with van der Waals surface area (Å²) in [5.74, 6) is -0.143. The first-order chi connectivity index (χ1) is 9.40. The molecule has 0 unspecified atom stereocenters. The number of aryl methyl sites for hydroxylation is 1. The Morgan fingerprint density at radius 3 is 2.45 bits per heavy atom. The first kappa shape index (κ1) is 14.5. The minimum absolute atomic E-state index is 0.143. The Kier molecular flexibility index (Phi) is 4.09. The largest absolute Gasteiger partial charge is 0.278 e. The Bertz CT molecular complexity index is 669. The summed E-state index contributed by atoms with van der Waals surface area (Å²) >= 11 is 5.84. The second-order valence-electron chi connectivity index (χ2n) is 5.01. The van der Waals surface area contributed by atoms with E-state index in [1.807, 2.05) is 20.8 Å². The van der Waals surface area contributed by atoms with Gasteiger partial charge in [0.1, 0.15) is 0 Å². The molecule has 0 atom stereocenters. The molecule has 1 aromatic carbocycles. The third-order valence-corrected chi connectivity index (χ3v) is 3.46. The highest BCUT2D eigenvalue weighted by Crippen LogP contribution is 2.18. The van der Waals surface area contributed by atoms with Crippen LogP contribution in [-0.4, -0.2) is 15.7 Å². The monoisotopic (exact) mass is 288 g/mol. The lowest BCUT2D eigenvalue weighted by molar-refractivity contribution is 0.0942. The van der Waals surface area contributed by atoms with Crippen molar-refractivity contribution in [3.63, 3.8) is 0 Å². The zero-order valence-corrected chi connectivity index (χ0v) is 12.7. The van der Waals surface area contributed by atoms with Gasteiger partial charge in [-0.15, -0.1) is 0 Å². The Morgan fingerprint density at radius 1 is 1.30 bits per heavy atom. The van der Waals surface area contributed by atoms with Crippen LogP contribution in [0.1, 0.15) is 34.2 Å². The first-order valence-corrected chi connectivity index (χ1v) is 6.77. The second-order valence-corrected chi connectivity index (χ2v) is 5.44. The predicted molar refractivity (Wildman–Crippen MR) is 81.4 cm³/mol. The molecule has 0 fully saturated rings. The maximum Gasteiger partial charge on any atom is 0.278 e. The molecule has 0 aliphatic rings. The lowest BCUT2D eigenvalue weighted by Crippen LogP contribution is -2.15. The number of rotatable bonds is 3. The van der Waals surface area contributed by atoms with E-state index in [4.69, 9.17) is 11.6 Å². The van der Waals surface area contributed by atoms with E-state index in [1.54, 1.807) is 24.3 Å². The van der Waals surface area contributed by atoms with Gasteiger partial charge in [-0.2, -0.15) is 5.10 Å². The number of carbonyl (C=O) groups excluding carboxylic acids is 1. The molecule has 1 heterocycles. The topological polar surface area (TPSA) is 34.9 Å². The average Bonchev–Trinajstić information content (AvgIpc) is 2.66. The molecule has 0 amide bonds. The molecule has 0 N–H and O–H groups in total. The molecule has 2 rings (SSSR count). The van der Waals surface area contributed by atoms with E-state index in [0.717, 1.165) is 28.9 Å². The van der Waals surface area contributed by atoms with E-state index in [-0.39, 0.29) is 5.91 Å². The fraction of sp³-hybridized carbons (Fsp3) is 0.250. The van der Waals surface area contributed by atoms with Crippen LogP contribution in [0.2, 0.25) is 5.02 Å². The fourth-order valence-corrected chi connectivity index (χ4v) is 2.27. The molecule has 1 aromatic heterocycles. The van der Waals surface area contributed by atoms with Gasteiger partial charge in [0, 0.05) is 21.8 Å². The summed E-state index contributed by atoms with van der Waals surface area (Å²) in [7, 11) is 0. The van der Waals surface area contributed by atoms with Gasteiger partial charge in [-0.05, 0) is 51.5 Å². The zero-order chi connectivity index (χ0) is 14.9. The number of allylic oxidation sites excluding steroid dienone is 1. The Balaban J connectivity index is 2.40. The summed E-state index contributed by atoms with van der Waals surface area (Å²) in [6.45, 7) is 9.71. The van der Waals surface area contributed by atoms with Crippen molar-refractivity contribution >= 4 is 17.5 Å². The van der Waals surface area contributed by atoms with Gasteiger partial charge >= 0.3 is 0 Å². The number of nitrogens with zero attached hydrogens (tertiary/aromatic N) is 2. The molecular formula is C16H17ClN2O. The van der Waals surface area contributed by atoms with Gasteiger partial charge in [0.15, 0.2) is 0 Å². The van der Waals surface area contributed by atoms with Gasteiger partial charge in [0.05, 0.1) is 5.69 Å². The summed E-state index contributed by atoms with van der Waals surface area (Å²) in [6, 6.07) is 6.82. The quantitative estimate of drug-likeness (QED) is 0.801. The Labute approximate surface area is 123 Å².